The summed E-state index contributed by atoms with van der Waals surface area (Å²) in [5, 5.41) is 10.2. The van der Waals surface area contributed by atoms with Crippen LogP contribution in [-0.2, 0) is 0 Å². The predicted octanol–water partition coefficient (Wildman–Crippen LogP) is 3.30. The van der Waals surface area contributed by atoms with Crippen LogP contribution in [0.25, 0.3) is 0 Å². The minimum absolute atomic E-state index is 0.0525. The van der Waals surface area contributed by atoms with Crippen LogP contribution in [-0.4, -0.2) is 35.7 Å². The van der Waals surface area contributed by atoms with E-state index in [1.165, 1.54) is 45.2 Å². The maximum absolute atomic E-state index is 10.2. The molecule has 0 aromatic heterocycles. The number of nitrogens with zero attached hydrogens (tertiary/aromatic N) is 1. The van der Waals surface area contributed by atoms with E-state index in [-0.39, 0.29) is 6.10 Å². The van der Waals surface area contributed by atoms with Gasteiger partial charge in [-0.2, -0.15) is 0 Å². The molecule has 2 fully saturated rings. The maximum atomic E-state index is 10.2. The van der Waals surface area contributed by atoms with Crippen molar-refractivity contribution < 1.29 is 5.11 Å². The van der Waals surface area contributed by atoms with Crippen LogP contribution in [0.15, 0.2) is 0 Å². The zero-order valence-electron chi connectivity index (χ0n) is 12.5. The van der Waals surface area contributed by atoms with Crippen molar-refractivity contribution in [2.45, 2.75) is 65.4 Å². The van der Waals surface area contributed by atoms with E-state index in [1.807, 2.05) is 0 Å². The number of hydrogen-bond acceptors (Lipinski definition) is 2. The molecule has 3 atom stereocenters. The summed E-state index contributed by atoms with van der Waals surface area (Å²) in [6, 6.07) is 0. The third kappa shape index (κ3) is 3.71. The normalized spacial score (nSPS) is 37.0. The first-order valence-electron chi connectivity index (χ1n) is 7.90. The molecule has 1 aliphatic heterocycles. The number of hydrogen-bond donors (Lipinski definition) is 1. The fraction of sp³-hybridized carbons (Fsp3) is 1.00. The lowest BCUT2D eigenvalue weighted by Gasteiger charge is -2.40. The van der Waals surface area contributed by atoms with E-state index in [9.17, 15) is 5.11 Å². The van der Waals surface area contributed by atoms with Crippen molar-refractivity contribution >= 4 is 0 Å². The number of aliphatic hydroxyl groups excluding tert-OH is 1. The first kappa shape index (κ1) is 14.3. The van der Waals surface area contributed by atoms with Crippen LogP contribution in [0.5, 0.6) is 0 Å². The standard InChI is InChI=1S/C16H31NO/c1-4-5-13-7-9-17(11-13)12-14-10-16(2,3)8-6-15(14)18/h13-15,18H,4-12H2,1-3H3. The topological polar surface area (TPSA) is 23.5 Å². The summed E-state index contributed by atoms with van der Waals surface area (Å²) in [6.07, 6.45) is 7.41. The van der Waals surface area contributed by atoms with Gasteiger partial charge in [-0.15, -0.1) is 0 Å². The molecule has 18 heavy (non-hydrogen) atoms. The zero-order chi connectivity index (χ0) is 13.2. The SMILES string of the molecule is CCCC1CCN(CC2CC(C)(C)CCC2O)C1. The molecule has 1 heterocycles. The summed E-state index contributed by atoms with van der Waals surface area (Å²) in [5.74, 6) is 1.43. The summed E-state index contributed by atoms with van der Waals surface area (Å²) in [5.41, 5.74) is 0.437. The van der Waals surface area contributed by atoms with Gasteiger partial charge in [0, 0.05) is 13.1 Å². The third-order valence-electron chi connectivity index (χ3n) is 5.04. The predicted molar refractivity (Wildman–Crippen MR) is 76.6 cm³/mol. The molecule has 2 rings (SSSR count). The Kier molecular flexibility index (Phi) is 4.71. The van der Waals surface area contributed by atoms with Crippen molar-refractivity contribution in [1.82, 2.24) is 4.90 Å². The summed E-state index contributed by atoms with van der Waals surface area (Å²) in [7, 11) is 0. The van der Waals surface area contributed by atoms with Gasteiger partial charge in [0.05, 0.1) is 6.10 Å². The number of likely N-dealkylation sites (tertiary alicyclic amines) is 1. The maximum Gasteiger partial charge on any atom is 0.0581 e. The van der Waals surface area contributed by atoms with Crippen molar-refractivity contribution in [2.24, 2.45) is 17.3 Å². The molecule has 2 aliphatic rings. The van der Waals surface area contributed by atoms with Gasteiger partial charge in [0.1, 0.15) is 0 Å². The summed E-state index contributed by atoms with van der Waals surface area (Å²) < 4.78 is 0. The lowest BCUT2D eigenvalue weighted by Crippen LogP contribution is -2.40. The molecule has 2 nitrogen and oxygen atoms in total. The lowest BCUT2D eigenvalue weighted by atomic mass is 9.71. The highest BCUT2D eigenvalue weighted by atomic mass is 16.3. The van der Waals surface area contributed by atoms with Crippen LogP contribution < -0.4 is 0 Å². The van der Waals surface area contributed by atoms with E-state index in [0.29, 0.717) is 11.3 Å². The highest BCUT2D eigenvalue weighted by molar-refractivity contribution is 4.88. The molecule has 1 N–H and O–H groups in total. The number of rotatable bonds is 4. The minimum Gasteiger partial charge on any atom is -0.393 e. The Bertz CT molecular complexity index is 264. The summed E-state index contributed by atoms with van der Waals surface area (Å²) in [6.45, 7) is 10.7. The van der Waals surface area contributed by atoms with Crippen molar-refractivity contribution in [3.05, 3.63) is 0 Å². The first-order valence-corrected chi connectivity index (χ1v) is 7.90. The average molecular weight is 253 g/mol. The van der Waals surface area contributed by atoms with E-state index >= 15 is 0 Å². The molecule has 2 heteroatoms. The molecule has 0 aromatic rings. The van der Waals surface area contributed by atoms with Crippen molar-refractivity contribution in [3.63, 3.8) is 0 Å². The molecule has 0 amide bonds. The second-order valence-electron chi connectivity index (χ2n) is 7.44. The smallest absolute Gasteiger partial charge is 0.0581 e. The summed E-state index contributed by atoms with van der Waals surface area (Å²) in [4.78, 5) is 2.61. The van der Waals surface area contributed by atoms with Gasteiger partial charge in [-0.1, -0.05) is 27.2 Å². The Balaban J connectivity index is 1.82. The molecule has 1 aliphatic carbocycles. The van der Waals surface area contributed by atoms with Crippen LogP contribution in [0, 0.1) is 17.3 Å². The van der Waals surface area contributed by atoms with E-state index in [4.69, 9.17) is 0 Å². The zero-order valence-corrected chi connectivity index (χ0v) is 12.5. The molecule has 1 saturated heterocycles. The van der Waals surface area contributed by atoms with E-state index < -0.39 is 0 Å². The van der Waals surface area contributed by atoms with Crippen LogP contribution in [0.4, 0.5) is 0 Å². The molecular formula is C16H31NO. The Hall–Kier alpha value is -0.0800. The van der Waals surface area contributed by atoms with Crippen molar-refractivity contribution in [3.8, 4) is 0 Å². The second kappa shape index (κ2) is 5.92. The van der Waals surface area contributed by atoms with Gasteiger partial charge in [-0.25, -0.2) is 0 Å². The molecular weight excluding hydrogens is 222 g/mol. The van der Waals surface area contributed by atoms with Gasteiger partial charge in [-0.05, 0) is 55.9 Å². The van der Waals surface area contributed by atoms with Crippen LogP contribution in [0.1, 0.15) is 59.3 Å². The fourth-order valence-electron chi connectivity index (χ4n) is 3.96. The first-order chi connectivity index (χ1) is 8.50. The van der Waals surface area contributed by atoms with Crippen LogP contribution in [0.3, 0.4) is 0 Å². The third-order valence-corrected chi connectivity index (χ3v) is 5.04. The van der Waals surface area contributed by atoms with E-state index in [2.05, 4.69) is 25.7 Å². The lowest BCUT2D eigenvalue weighted by molar-refractivity contribution is 0.00689. The van der Waals surface area contributed by atoms with Gasteiger partial charge >= 0.3 is 0 Å². The van der Waals surface area contributed by atoms with Crippen LogP contribution in [0.2, 0.25) is 0 Å². The Labute approximate surface area is 113 Å². The highest BCUT2D eigenvalue weighted by Crippen LogP contribution is 2.39. The van der Waals surface area contributed by atoms with Crippen molar-refractivity contribution in [2.75, 3.05) is 19.6 Å². The molecule has 3 unspecified atom stereocenters. The quantitative estimate of drug-likeness (QED) is 0.831. The largest absolute Gasteiger partial charge is 0.393 e. The Morgan fingerprint density at radius 3 is 2.78 bits per heavy atom. The molecule has 0 radical (unpaired) electrons. The van der Waals surface area contributed by atoms with E-state index in [1.54, 1.807) is 0 Å². The Morgan fingerprint density at radius 1 is 1.28 bits per heavy atom. The molecule has 0 aromatic carbocycles. The second-order valence-corrected chi connectivity index (χ2v) is 7.44. The fourth-order valence-corrected chi connectivity index (χ4v) is 3.96. The highest BCUT2D eigenvalue weighted by Gasteiger charge is 2.35. The monoisotopic (exact) mass is 253 g/mol. The van der Waals surface area contributed by atoms with Gasteiger partial charge in [0.15, 0.2) is 0 Å². The van der Waals surface area contributed by atoms with E-state index in [0.717, 1.165) is 18.9 Å². The molecule has 1 saturated carbocycles. The average Bonchev–Trinajstić information content (AvgIpc) is 2.72. The number of aliphatic hydroxyl groups is 1. The van der Waals surface area contributed by atoms with Gasteiger partial charge in [0.25, 0.3) is 0 Å². The Morgan fingerprint density at radius 2 is 2.06 bits per heavy atom. The van der Waals surface area contributed by atoms with Gasteiger partial charge < -0.3 is 10.0 Å². The van der Waals surface area contributed by atoms with Gasteiger partial charge in [-0.3, -0.25) is 0 Å². The molecule has 0 spiro atoms. The summed E-state index contributed by atoms with van der Waals surface area (Å²) >= 11 is 0. The van der Waals surface area contributed by atoms with Crippen molar-refractivity contribution in [1.29, 1.82) is 0 Å². The van der Waals surface area contributed by atoms with Gasteiger partial charge in [0.2, 0.25) is 0 Å². The molecule has 0 bridgehead atoms. The minimum atomic E-state index is -0.0525. The van der Waals surface area contributed by atoms with Crippen LogP contribution >= 0.6 is 0 Å². The molecule has 106 valence electrons.